The van der Waals surface area contributed by atoms with E-state index in [-0.39, 0.29) is 12.1 Å². The Morgan fingerprint density at radius 3 is 2.95 bits per heavy atom. The van der Waals surface area contributed by atoms with Gasteiger partial charge in [0, 0.05) is 24.8 Å². The molecule has 0 aliphatic rings. The molecule has 0 aliphatic heterocycles. The van der Waals surface area contributed by atoms with Crippen molar-refractivity contribution in [3.8, 4) is 0 Å². The van der Waals surface area contributed by atoms with Gasteiger partial charge in [-0.2, -0.15) is 0 Å². The van der Waals surface area contributed by atoms with Gasteiger partial charge in [0.25, 0.3) is 0 Å². The van der Waals surface area contributed by atoms with Gasteiger partial charge in [0.2, 0.25) is 0 Å². The predicted octanol–water partition coefficient (Wildman–Crippen LogP) is 1.27. The van der Waals surface area contributed by atoms with Crippen LogP contribution in [0, 0.1) is 11.6 Å². The van der Waals surface area contributed by atoms with Gasteiger partial charge in [-0.1, -0.05) is 5.21 Å². The number of hydrogen-bond acceptors (Lipinski definition) is 4. The van der Waals surface area contributed by atoms with Crippen LogP contribution in [-0.4, -0.2) is 33.2 Å². The lowest BCUT2D eigenvalue weighted by molar-refractivity contribution is 0.169. The molecule has 0 spiro atoms. The van der Waals surface area contributed by atoms with Gasteiger partial charge in [-0.25, -0.2) is 8.78 Å². The molecule has 2 aromatic rings. The van der Waals surface area contributed by atoms with Crippen molar-refractivity contribution >= 4 is 0 Å². The van der Waals surface area contributed by atoms with Crippen molar-refractivity contribution < 1.29 is 13.9 Å². The summed E-state index contributed by atoms with van der Waals surface area (Å²) in [7, 11) is 0. The summed E-state index contributed by atoms with van der Waals surface area (Å²) in [6.07, 6.45) is 3.08. The normalized spacial score (nSPS) is 12.6. The van der Waals surface area contributed by atoms with Gasteiger partial charge < -0.3 is 10.4 Å². The molecular weight excluding hydrogens is 266 g/mol. The number of aliphatic hydroxyl groups excluding tert-OH is 1. The van der Waals surface area contributed by atoms with Crippen molar-refractivity contribution in [2.45, 2.75) is 19.1 Å². The van der Waals surface area contributed by atoms with Crippen molar-refractivity contribution in [2.24, 2.45) is 0 Å². The maximum absolute atomic E-state index is 13.4. The smallest absolute Gasteiger partial charge is 0.129 e. The first-order chi connectivity index (χ1) is 9.66. The highest BCUT2D eigenvalue weighted by Gasteiger charge is 2.13. The molecule has 0 bridgehead atoms. The topological polar surface area (TPSA) is 63.0 Å². The number of aliphatic hydroxyl groups is 1. The van der Waals surface area contributed by atoms with E-state index in [0.29, 0.717) is 13.1 Å². The minimum absolute atomic E-state index is 0.0335. The molecule has 2 rings (SSSR count). The Morgan fingerprint density at radius 2 is 2.20 bits per heavy atom. The summed E-state index contributed by atoms with van der Waals surface area (Å²) in [6.45, 7) is 1.50. The first kappa shape index (κ1) is 14.5. The lowest BCUT2D eigenvalue weighted by Crippen LogP contribution is -2.24. The van der Waals surface area contributed by atoms with Crippen LogP contribution in [0.5, 0.6) is 0 Å². The SMILES string of the molecule is OC(CNCCCn1ccnn1)c1cc(F)ccc1F. The molecule has 1 atom stereocenters. The molecule has 108 valence electrons. The van der Waals surface area contributed by atoms with Crippen molar-refractivity contribution in [1.82, 2.24) is 20.3 Å². The molecule has 1 aromatic carbocycles. The Balaban J connectivity index is 1.72. The molecule has 0 saturated heterocycles. The highest BCUT2D eigenvalue weighted by molar-refractivity contribution is 5.21. The van der Waals surface area contributed by atoms with Crippen LogP contribution >= 0.6 is 0 Å². The molecule has 7 heteroatoms. The summed E-state index contributed by atoms with van der Waals surface area (Å²) in [5.41, 5.74) is -0.0335. The molecule has 0 radical (unpaired) electrons. The lowest BCUT2D eigenvalue weighted by Gasteiger charge is -2.13. The Kier molecular flexibility index (Phi) is 5.14. The average Bonchev–Trinajstić information content (AvgIpc) is 2.94. The third-order valence-electron chi connectivity index (χ3n) is 2.87. The monoisotopic (exact) mass is 282 g/mol. The van der Waals surface area contributed by atoms with Gasteiger partial charge in [0.15, 0.2) is 0 Å². The van der Waals surface area contributed by atoms with Crippen molar-refractivity contribution in [3.05, 3.63) is 47.8 Å². The Morgan fingerprint density at radius 1 is 1.35 bits per heavy atom. The zero-order chi connectivity index (χ0) is 14.4. The molecule has 0 saturated carbocycles. The third-order valence-corrected chi connectivity index (χ3v) is 2.87. The fourth-order valence-electron chi connectivity index (χ4n) is 1.84. The Labute approximate surface area is 115 Å². The summed E-state index contributed by atoms with van der Waals surface area (Å²) in [6, 6.07) is 3.05. The number of hydrogen-bond donors (Lipinski definition) is 2. The Hall–Kier alpha value is -1.86. The highest BCUT2D eigenvalue weighted by atomic mass is 19.1. The van der Waals surface area contributed by atoms with Gasteiger partial charge in [-0.15, -0.1) is 5.10 Å². The van der Waals surface area contributed by atoms with E-state index in [1.54, 1.807) is 17.1 Å². The van der Waals surface area contributed by atoms with Gasteiger partial charge in [-0.3, -0.25) is 4.68 Å². The second-order valence-corrected chi connectivity index (χ2v) is 4.41. The summed E-state index contributed by atoms with van der Waals surface area (Å²) in [5, 5.41) is 20.3. The van der Waals surface area contributed by atoms with E-state index in [0.717, 1.165) is 24.6 Å². The maximum Gasteiger partial charge on any atom is 0.129 e. The van der Waals surface area contributed by atoms with E-state index < -0.39 is 17.7 Å². The molecule has 0 aliphatic carbocycles. The summed E-state index contributed by atoms with van der Waals surface area (Å²) in [4.78, 5) is 0. The summed E-state index contributed by atoms with van der Waals surface area (Å²) >= 11 is 0. The molecule has 5 nitrogen and oxygen atoms in total. The number of aryl methyl sites for hydroxylation is 1. The number of nitrogens with zero attached hydrogens (tertiary/aromatic N) is 3. The van der Waals surface area contributed by atoms with Crippen LogP contribution in [-0.2, 0) is 6.54 Å². The van der Waals surface area contributed by atoms with Crippen LogP contribution in [0.3, 0.4) is 0 Å². The van der Waals surface area contributed by atoms with Crippen LogP contribution in [0.25, 0.3) is 0 Å². The number of benzene rings is 1. The minimum Gasteiger partial charge on any atom is -0.387 e. The van der Waals surface area contributed by atoms with E-state index in [9.17, 15) is 13.9 Å². The van der Waals surface area contributed by atoms with Gasteiger partial charge in [-0.05, 0) is 31.2 Å². The van der Waals surface area contributed by atoms with Gasteiger partial charge in [0.05, 0.1) is 12.3 Å². The molecule has 1 aromatic heterocycles. The molecule has 1 unspecified atom stereocenters. The second-order valence-electron chi connectivity index (χ2n) is 4.41. The highest BCUT2D eigenvalue weighted by Crippen LogP contribution is 2.17. The van der Waals surface area contributed by atoms with E-state index >= 15 is 0 Å². The van der Waals surface area contributed by atoms with E-state index in [1.807, 2.05) is 0 Å². The molecule has 20 heavy (non-hydrogen) atoms. The molecule has 0 amide bonds. The fraction of sp³-hybridized carbons (Fsp3) is 0.385. The van der Waals surface area contributed by atoms with Crippen LogP contribution < -0.4 is 5.32 Å². The quantitative estimate of drug-likeness (QED) is 0.751. The zero-order valence-corrected chi connectivity index (χ0v) is 10.8. The van der Waals surface area contributed by atoms with Crippen LogP contribution in [0.4, 0.5) is 8.78 Å². The van der Waals surface area contributed by atoms with Crippen LogP contribution in [0.15, 0.2) is 30.6 Å². The standard InChI is InChI=1S/C13H16F2N4O/c14-10-2-3-12(15)11(8-10)13(20)9-16-4-1-6-19-7-5-17-18-19/h2-3,5,7-8,13,16,20H,1,4,6,9H2. The Bertz CT molecular complexity index is 533. The van der Waals surface area contributed by atoms with Crippen molar-refractivity contribution in [2.75, 3.05) is 13.1 Å². The third kappa shape index (κ3) is 4.07. The zero-order valence-electron chi connectivity index (χ0n) is 10.8. The molecular formula is C13H16F2N4O. The average molecular weight is 282 g/mol. The van der Waals surface area contributed by atoms with Gasteiger partial charge in [0.1, 0.15) is 11.6 Å². The first-order valence-electron chi connectivity index (χ1n) is 6.34. The largest absolute Gasteiger partial charge is 0.387 e. The maximum atomic E-state index is 13.4. The van der Waals surface area contributed by atoms with E-state index in [4.69, 9.17) is 0 Å². The minimum atomic E-state index is -1.07. The number of aromatic nitrogens is 3. The predicted molar refractivity (Wildman–Crippen MR) is 68.8 cm³/mol. The number of rotatable bonds is 7. The molecule has 1 heterocycles. The van der Waals surface area contributed by atoms with Gasteiger partial charge >= 0.3 is 0 Å². The van der Waals surface area contributed by atoms with Crippen LogP contribution in [0.1, 0.15) is 18.1 Å². The van der Waals surface area contributed by atoms with Crippen molar-refractivity contribution in [3.63, 3.8) is 0 Å². The van der Waals surface area contributed by atoms with Crippen molar-refractivity contribution in [1.29, 1.82) is 0 Å². The summed E-state index contributed by atoms with van der Waals surface area (Å²) in [5.74, 6) is -1.17. The van der Waals surface area contributed by atoms with Crippen LogP contribution in [0.2, 0.25) is 0 Å². The summed E-state index contributed by atoms with van der Waals surface area (Å²) < 4.78 is 28.1. The number of halogens is 2. The number of nitrogens with one attached hydrogen (secondary N) is 1. The molecule has 0 fully saturated rings. The lowest BCUT2D eigenvalue weighted by atomic mass is 10.1. The second kappa shape index (κ2) is 7.06. The fourth-order valence-corrected chi connectivity index (χ4v) is 1.84. The van der Waals surface area contributed by atoms with E-state index in [1.165, 1.54) is 0 Å². The first-order valence-corrected chi connectivity index (χ1v) is 6.34. The molecule has 2 N–H and O–H groups in total. The van der Waals surface area contributed by atoms with E-state index in [2.05, 4.69) is 15.6 Å².